The Morgan fingerprint density at radius 3 is 2.44 bits per heavy atom. The van der Waals surface area contributed by atoms with Crippen molar-refractivity contribution in [3.8, 4) is 5.69 Å². The average molecular weight is 454 g/mol. The molecular formula is C24H24FN3O3S. The number of hydrogen-bond acceptors (Lipinski definition) is 4. The molecule has 0 saturated heterocycles. The number of halogens is 1. The molecular weight excluding hydrogens is 429 g/mol. The first kappa shape index (κ1) is 20.9. The maximum atomic E-state index is 13.5. The lowest BCUT2D eigenvalue weighted by Gasteiger charge is -2.21. The molecule has 166 valence electrons. The van der Waals surface area contributed by atoms with Gasteiger partial charge in [0.15, 0.2) is 9.84 Å². The van der Waals surface area contributed by atoms with Crippen molar-refractivity contribution in [1.29, 1.82) is 0 Å². The molecule has 1 aliphatic heterocycles. The highest BCUT2D eigenvalue weighted by atomic mass is 32.2. The fraction of sp³-hybridized carbons (Fsp3) is 0.333. The Morgan fingerprint density at radius 2 is 1.78 bits per heavy atom. The number of benzene rings is 2. The zero-order chi connectivity index (χ0) is 22.5. The second-order valence-corrected chi connectivity index (χ2v) is 10.7. The summed E-state index contributed by atoms with van der Waals surface area (Å²) >= 11 is 0. The number of fused-ring (bicyclic) bond motifs is 1. The molecule has 3 aromatic rings. The number of carbonyl (C=O) groups is 1. The third-order valence-electron chi connectivity index (χ3n) is 6.44. The third-order valence-corrected chi connectivity index (χ3v) is 7.55. The maximum Gasteiger partial charge on any atom is 0.254 e. The average Bonchev–Trinajstić information content (AvgIpc) is 3.49. The van der Waals surface area contributed by atoms with Gasteiger partial charge in [0.25, 0.3) is 5.91 Å². The van der Waals surface area contributed by atoms with E-state index in [1.54, 1.807) is 33.8 Å². The molecule has 1 aliphatic carbocycles. The molecule has 5 rings (SSSR count). The van der Waals surface area contributed by atoms with Crippen molar-refractivity contribution in [2.24, 2.45) is 0 Å². The lowest BCUT2D eigenvalue weighted by Crippen LogP contribution is -2.27. The van der Waals surface area contributed by atoms with Crippen molar-refractivity contribution < 1.29 is 17.6 Å². The van der Waals surface area contributed by atoms with E-state index in [0.717, 1.165) is 54.4 Å². The van der Waals surface area contributed by atoms with Gasteiger partial charge in [-0.15, -0.1) is 0 Å². The van der Waals surface area contributed by atoms with Gasteiger partial charge < -0.3 is 4.90 Å². The zero-order valence-electron chi connectivity index (χ0n) is 17.8. The summed E-state index contributed by atoms with van der Waals surface area (Å²) in [5.41, 5.74) is 3.91. The smallest absolute Gasteiger partial charge is 0.254 e. The van der Waals surface area contributed by atoms with Crippen molar-refractivity contribution in [2.45, 2.75) is 49.6 Å². The van der Waals surface area contributed by atoms with Gasteiger partial charge in [-0.3, -0.25) is 4.79 Å². The molecule has 1 amide bonds. The highest BCUT2D eigenvalue weighted by molar-refractivity contribution is 7.90. The Morgan fingerprint density at radius 1 is 1.06 bits per heavy atom. The molecule has 0 atom stereocenters. The van der Waals surface area contributed by atoms with E-state index in [-0.39, 0.29) is 22.5 Å². The molecule has 1 aromatic heterocycles. The summed E-state index contributed by atoms with van der Waals surface area (Å²) in [6, 6.07) is 11.1. The zero-order valence-corrected chi connectivity index (χ0v) is 18.6. The van der Waals surface area contributed by atoms with Gasteiger partial charge in [0.05, 0.1) is 22.8 Å². The first-order valence-electron chi connectivity index (χ1n) is 10.8. The first-order valence-corrected chi connectivity index (χ1v) is 12.7. The van der Waals surface area contributed by atoms with Gasteiger partial charge in [0.1, 0.15) is 5.82 Å². The second kappa shape index (κ2) is 7.85. The highest BCUT2D eigenvalue weighted by Gasteiger charge is 2.31. The highest BCUT2D eigenvalue weighted by Crippen LogP contribution is 2.37. The lowest BCUT2D eigenvalue weighted by atomic mass is 9.92. The Bertz CT molecular complexity index is 1270. The summed E-state index contributed by atoms with van der Waals surface area (Å²) in [4.78, 5) is 15.4. The van der Waals surface area contributed by atoms with Gasteiger partial charge in [-0.1, -0.05) is 18.9 Å². The van der Waals surface area contributed by atoms with Crippen LogP contribution in [0.25, 0.3) is 5.69 Å². The fourth-order valence-electron chi connectivity index (χ4n) is 4.74. The van der Waals surface area contributed by atoms with E-state index in [9.17, 15) is 17.6 Å². The van der Waals surface area contributed by atoms with Crippen LogP contribution in [0.2, 0.25) is 0 Å². The van der Waals surface area contributed by atoms with Crippen LogP contribution in [-0.4, -0.2) is 35.3 Å². The topological polar surface area (TPSA) is 72.3 Å². The van der Waals surface area contributed by atoms with Crippen LogP contribution in [0, 0.1) is 5.82 Å². The standard InChI is InChI=1S/C24H24FN3O3S/c1-32(30,31)20-10-11-21(16-4-2-3-5-16)22(12-20)24(29)27-13-17-14-28(26-23(17)15-27)19-8-6-18(25)7-9-19/h6-12,14,16H,2-5,13,15H2,1H3. The van der Waals surface area contributed by atoms with Crippen LogP contribution in [0.4, 0.5) is 4.39 Å². The Labute approximate surface area is 186 Å². The van der Waals surface area contributed by atoms with Crippen LogP contribution in [0.15, 0.2) is 53.6 Å². The molecule has 0 radical (unpaired) electrons. The lowest BCUT2D eigenvalue weighted by molar-refractivity contribution is 0.0747. The minimum absolute atomic E-state index is 0.163. The van der Waals surface area contributed by atoms with Gasteiger partial charge in [-0.25, -0.2) is 17.5 Å². The normalized spacial score (nSPS) is 16.5. The van der Waals surface area contributed by atoms with Gasteiger partial charge in [0.2, 0.25) is 0 Å². The summed E-state index contributed by atoms with van der Waals surface area (Å²) in [5.74, 6) is -0.182. The minimum atomic E-state index is -3.42. The van der Waals surface area contributed by atoms with Crippen molar-refractivity contribution in [2.75, 3.05) is 6.26 Å². The van der Waals surface area contributed by atoms with Crippen molar-refractivity contribution in [1.82, 2.24) is 14.7 Å². The molecule has 1 fully saturated rings. The van der Waals surface area contributed by atoms with E-state index in [2.05, 4.69) is 5.10 Å². The molecule has 2 heterocycles. The second-order valence-electron chi connectivity index (χ2n) is 8.69. The summed E-state index contributed by atoms with van der Waals surface area (Å²) in [6.45, 7) is 0.762. The van der Waals surface area contributed by atoms with Crippen molar-refractivity contribution in [3.63, 3.8) is 0 Å². The molecule has 6 nitrogen and oxygen atoms in total. The quantitative estimate of drug-likeness (QED) is 0.593. The summed E-state index contributed by atoms with van der Waals surface area (Å²) in [7, 11) is -3.42. The Balaban J connectivity index is 1.43. The molecule has 2 aromatic carbocycles. The van der Waals surface area contributed by atoms with Crippen LogP contribution >= 0.6 is 0 Å². The van der Waals surface area contributed by atoms with Gasteiger partial charge in [-0.2, -0.15) is 5.10 Å². The van der Waals surface area contributed by atoms with E-state index in [0.29, 0.717) is 18.7 Å². The maximum absolute atomic E-state index is 13.5. The summed E-state index contributed by atoms with van der Waals surface area (Å²) < 4.78 is 39.2. The van der Waals surface area contributed by atoms with Crippen LogP contribution < -0.4 is 0 Å². The van der Waals surface area contributed by atoms with Crippen LogP contribution in [0.1, 0.15) is 58.8 Å². The van der Waals surface area contributed by atoms with E-state index >= 15 is 0 Å². The molecule has 0 spiro atoms. The Hall–Kier alpha value is -3.00. The van der Waals surface area contributed by atoms with Crippen molar-refractivity contribution in [3.05, 3.63) is 76.9 Å². The van der Waals surface area contributed by atoms with E-state index < -0.39 is 9.84 Å². The molecule has 0 unspecified atom stereocenters. The Kier molecular flexibility index (Phi) is 5.12. The van der Waals surface area contributed by atoms with Gasteiger partial charge in [0, 0.05) is 30.1 Å². The summed E-state index contributed by atoms with van der Waals surface area (Å²) in [5, 5.41) is 4.58. The van der Waals surface area contributed by atoms with Crippen LogP contribution in [0.5, 0.6) is 0 Å². The third kappa shape index (κ3) is 3.83. The van der Waals surface area contributed by atoms with E-state index in [1.165, 1.54) is 12.1 Å². The monoisotopic (exact) mass is 453 g/mol. The van der Waals surface area contributed by atoms with Crippen LogP contribution in [-0.2, 0) is 22.9 Å². The summed E-state index contributed by atoms with van der Waals surface area (Å²) in [6.07, 6.45) is 7.31. The number of hydrogen-bond donors (Lipinski definition) is 0. The molecule has 1 saturated carbocycles. The largest absolute Gasteiger partial charge is 0.328 e. The van der Waals surface area contributed by atoms with Crippen molar-refractivity contribution >= 4 is 15.7 Å². The SMILES string of the molecule is CS(=O)(=O)c1ccc(C2CCCC2)c(C(=O)N2Cc3cn(-c4ccc(F)cc4)nc3C2)c1. The number of carbonyl (C=O) groups excluding carboxylic acids is 1. The molecule has 0 N–H and O–H groups in total. The fourth-order valence-corrected chi connectivity index (χ4v) is 5.38. The molecule has 2 aliphatic rings. The molecule has 32 heavy (non-hydrogen) atoms. The number of nitrogens with zero attached hydrogens (tertiary/aromatic N) is 3. The van der Waals surface area contributed by atoms with Gasteiger partial charge >= 0.3 is 0 Å². The predicted molar refractivity (Wildman–Crippen MR) is 118 cm³/mol. The predicted octanol–water partition coefficient (Wildman–Crippen LogP) is 4.23. The van der Waals surface area contributed by atoms with E-state index in [1.807, 2.05) is 12.3 Å². The van der Waals surface area contributed by atoms with Gasteiger partial charge in [-0.05, 0) is 60.7 Å². The first-order chi connectivity index (χ1) is 15.3. The number of rotatable bonds is 4. The number of aromatic nitrogens is 2. The van der Waals surface area contributed by atoms with E-state index in [4.69, 9.17) is 0 Å². The minimum Gasteiger partial charge on any atom is -0.328 e. The number of sulfone groups is 1. The van der Waals surface area contributed by atoms with Crippen LogP contribution in [0.3, 0.4) is 0 Å². The number of amides is 1. The molecule has 8 heteroatoms. The molecule has 0 bridgehead atoms.